The fraction of sp³-hybridized carbons (Fsp3) is 0.417. The number of halogens is 1. The van der Waals surface area contributed by atoms with E-state index in [1.54, 1.807) is 25.1 Å². The molecule has 1 aromatic carbocycles. The maximum Gasteiger partial charge on any atom is 0.226 e. The summed E-state index contributed by atoms with van der Waals surface area (Å²) in [6.45, 7) is 3.23. The highest BCUT2D eigenvalue weighted by Crippen LogP contribution is 2.17. The van der Waals surface area contributed by atoms with Crippen molar-refractivity contribution in [1.29, 1.82) is 0 Å². The number of rotatable bonds is 3. The highest BCUT2D eigenvalue weighted by atomic mass is 19.1. The van der Waals surface area contributed by atoms with E-state index in [0.29, 0.717) is 5.56 Å². The van der Waals surface area contributed by atoms with Gasteiger partial charge < -0.3 is 10.6 Å². The number of benzene rings is 1. The quantitative estimate of drug-likeness (QED) is 0.807. The van der Waals surface area contributed by atoms with Gasteiger partial charge in [-0.25, -0.2) is 4.39 Å². The molecular weight excluding hydrogens is 207 g/mol. The summed E-state index contributed by atoms with van der Waals surface area (Å²) in [5.74, 6) is -0.245. The lowest BCUT2D eigenvalue weighted by atomic mass is 10.0. The molecule has 0 saturated carbocycles. The zero-order chi connectivity index (χ0) is 11.5. The Morgan fingerprint density at radius 3 is 2.75 bits per heavy atom. The summed E-state index contributed by atoms with van der Waals surface area (Å²) in [5.41, 5.74) is 0.531. The predicted octanol–water partition coefficient (Wildman–Crippen LogP) is 1.22. The van der Waals surface area contributed by atoms with Crippen LogP contribution in [0.3, 0.4) is 0 Å². The van der Waals surface area contributed by atoms with Crippen molar-refractivity contribution in [3.05, 3.63) is 35.6 Å². The van der Waals surface area contributed by atoms with Gasteiger partial charge in [-0.2, -0.15) is 0 Å². The van der Waals surface area contributed by atoms with Gasteiger partial charge in [0, 0.05) is 18.7 Å². The fourth-order valence-electron chi connectivity index (χ4n) is 1.71. The molecule has 1 heterocycles. The molecule has 1 saturated heterocycles. The largest absolute Gasteiger partial charge is 0.349 e. The van der Waals surface area contributed by atoms with Crippen molar-refractivity contribution in [1.82, 2.24) is 10.6 Å². The first kappa shape index (κ1) is 11.1. The molecule has 0 unspecified atom stereocenters. The van der Waals surface area contributed by atoms with Crippen LogP contribution >= 0.6 is 0 Å². The summed E-state index contributed by atoms with van der Waals surface area (Å²) in [6, 6.07) is 6.23. The second-order valence-electron chi connectivity index (χ2n) is 4.11. The molecular formula is C12H15FN2O. The Bertz CT molecular complexity index is 390. The van der Waals surface area contributed by atoms with Crippen LogP contribution < -0.4 is 10.6 Å². The molecule has 1 aliphatic heterocycles. The molecule has 1 fully saturated rings. The Morgan fingerprint density at radius 1 is 1.50 bits per heavy atom. The number of hydrogen-bond donors (Lipinski definition) is 2. The van der Waals surface area contributed by atoms with E-state index >= 15 is 0 Å². The van der Waals surface area contributed by atoms with Crippen molar-refractivity contribution in [2.24, 2.45) is 5.92 Å². The summed E-state index contributed by atoms with van der Waals surface area (Å²) in [7, 11) is 0. The third-order valence-corrected chi connectivity index (χ3v) is 2.88. The van der Waals surface area contributed by atoms with Crippen molar-refractivity contribution < 1.29 is 9.18 Å². The molecule has 86 valence electrons. The highest BCUT2D eigenvalue weighted by molar-refractivity contribution is 5.80. The van der Waals surface area contributed by atoms with E-state index in [4.69, 9.17) is 0 Å². The Hall–Kier alpha value is -1.42. The smallest absolute Gasteiger partial charge is 0.226 e. The van der Waals surface area contributed by atoms with Gasteiger partial charge in [-0.05, 0) is 13.0 Å². The molecule has 0 aliphatic carbocycles. The Balaban J connectivity index is 1.99. The second-order valence-corrected chi connectivity index (χ2v) is 4.11. The van der Waals surface area contributed by atoms with E-state index in [9.17, 15) is 9.18 Å². The predicted molar refractivity (Wildman–Crippen MR) is 59.3 cm³/mol. The molecule has 0 spiro atoms. The zero-order valence-electron chi connectivity index (χ0n) is 9.16. The molecule has 0 bridgehead atoms. The van der Waals surface area contributed by atoms with Crippen molar-refractivity contribution in [2.45, 2.75) is 13.0 Å². The first-order chi connectivity index (χ1) is 7.68. The highest BCUT2D eigenvalue weighted by Gasteiger charge is 2.26. The van der Waals surface area contributed by atoms with Crippen LogP contribution in [-0.2, 0) is 4.79 Å². The SMILES string of the molecule is C[C@@H](NC(=O)C1CNC1)c1ccccc1F. The van der Waals surface area contributed by atoms with Gasteiger partial charge in [-0.3, -0.25) is 4.79 Å². The van der Waals surface area contributed by atoms with E-state index in [2.05, 4.69) is 10.6 Å². The van der Waals surface area contributed by atoms with E-state index < -0.39 is 0 Å². The minimum atomic E-state index is -0.283. The van der Waals surface area contributed by atoms with Crippen LogP contribution in [0.25, 0.3) is 0 Å². The third-order valence-electron chi connectivity index (χ3n) is 2.88. The van der Waals surface area contributed by atoms with Crippen molar-refractivity contribution in [2.75, 3.05) is 13.1 Å². The van der Waals surface area contributed by atoms with Crippen molar-refractivity contribution >= 4 is 5.91 Å². The van der Waals surface area contributed by atoms with E-state index in [1.165, 1.54) is 6.07 Å². The Labute approximate surface area is 94.0 Å². The van der Waals surface area contributed by atoms with Crippen LogP contribution in [0.5, 0.6) is 0 Å². The maximum atomic E-state index is 13.4. The van der Waals surface area contributed by atoms with Crippen LogP contribution in [0.1, 0.15) is 18.5 Å². The van der Waals surface area contributed by atoms with E-state index in [-0.39, 0.29) is 23.7 Å². The summed E-state index contributed by atoms with van der Waals surface area (Å²) >= 11 is 0. The molecule has 1 aliphatic rings. The van der Waals surface area contributed by atoms with Gasteiger partial charge in [0.05, 0.1) is 12.0 Å². The third kappa shape index (κ3) is 2.22. The number of carbonyl (C=O) groups excluding carboxylic acids is 1. The van der Waals surface area contributed by atoms with Gasteiger partial charge in [0.15, 0.2) is 0 Å². The fourth-order valence-corrected chi connectivity index (χ4v) is 1.71. The van der Waals surface area contributed by atoms with Crippen LogP contribution in [0, 0.1) is 11.7 Å². The minimum Gasteiger partial charge on any atom is -0.349 e. The van der Waals surface area contributed by atoms with Crippen LogP contribution in [0.15, 0.2) is 24.3 Å². The average Bonchev–Trinajstić information content (AvgIpc) is 2.15. The molecule has 16 heavy (non-hydrogen) atoms. The number of carbonyl (C=O) groups is 1. The number of nitrogens with one attached hydrogen (secondary N) is 2. The topological polar surface area (TPSA) is 41.1 Å². The molecule has 1 atom stereocenters. The molecule has 2 N–H and O–H groups in total. The molecule has 0 aromatic heterocycles. The molecule has 3 nitrogen and oxygen atoms in total. The van der Waals surface area contributed by atoms with Crippen LogP contribution in [0.4, 0.5) is 4.39 Å². The maximum absolute atomic E-state index is 13.4. The number of hydrogen-bond acceptors (Lipinski definition) is 2. The summed E-state index contributed by atoms with van der Waals surface area (Å²) < 4.78 is 13.4. The van der Waals surface area contributed by atoms with Crippen LogP contribution in [-0.4, -0.2) is 19.0 Å². The summed E-state index contributed by atoms with van der Waals surface area (Å²) in [5, 5.41) is 5.85. The van der Waals surface area contributed by atoms with Crippen molar-refractivity contribution in [3.63, 3.8) is 0 Å². The summed E-state index contributed by atoms with van der Waals surface area (Å²) in [4.78, 5) is 11.6. The lowest BCUT2D eigenvalue weighted by Gasteiger charge is -2.27. The van der Waals surface area contributed by atoms with Gasteiger partial charge in [-0.1, -0.05) is 18.2 Å². The summed E-state index contributed by atoms with van der Waals surface area (Å²) in [6.07, 6.45) is 0. The van der Waals surface area contributed by atoms with Gasteiger partial charge in [0.25, 0.3) is 0 Å². The van der Waals surface area contributed by atoms with E-state index in [0.717, 1.165) is 13.1 Å². The van der Waals surface area contributed by atoms with Crippen LogP contribution in [0.2, 0.25) is 0 Å². The first-order valence-electron chi connectivity index (χ1n) is 5.44. The first-order valence-corrected chi connectivity index (χ1v) is 5.44. The van der Waals surface area contributed by atoms with Gasteiger partial charge in [0.1, 0.15) is 5.82 Å². The zero-order valence-corrected chi connectivity index (χ0v) is 9.16. The van der Waals surface area contributed by atoms with Crippen molar-refractivity contribution in [3.8, 4) is 0 Å². The second kappa shape index (κ2) is 4.61. The minimum absolute atomic E-state index is 0.00509. The Morgan fingerprint density at radius 2 is 2.19 bits per heavy atom. The monoisotopic (exact) mass is 222 g/mol. The lowest BCUT2D eigenvalue weighted by molar-refractivity contribution is -0.127. The van der Waals surface area contributed by atoms with Gasteiger partial charge in [-0.15, -0.1) is 0 Å². The molecule has 2 rings (SSSR count). The average molecular weight is 222 g/mol. The molecule has 1 aromatic rings. The number of amides is 1. The van der Waals surface area contributed by atoms with Gasteiger partial charge >= 0.3 is 0 Å². The standard InChI is InChI=1S/C12H15FN2O/c1-8(10-4-2-3-5-11(10)13)15-12(16)9-6-14-7-9/h2-5,8-9,14H,6-7H2,1H3,(H,15,16)/t8-/m1/s1. The van der Waals surface area contributed by atoms with E-state index in [1.807, 2.05) is 0 Å². The molecule has 0 radical (unpaired) electrons. The molecule has 4 heteroatoms. The normalized spacial score (nSPS) is 17.6. The van der Waals surface area contributed by atoms with Gasteiger partial charge in [0.2, 0.25) is 5.91 Å². The molecule has 1 amide bonds. The Kier molecular flexibility index (Phi) is 3.19. The lowest BCUT2D eigenvalue weighted by Crippen LogP contribution is -2.51.